The van der Waals surface area contributed by atoms with Gasteiger partial charge in [-0.2, -0.15) is 0 Å². The molecule has 0 heterocycles. The molecule has 0 rings (SSSR count). The number of methoxy groups -OCH3 is 1. The summed E-state index contributed by atoms with van der Waals surface area (Å²) in [4.78, 5) is 11.0. The predicted octanol–water partition coefficient (Wildman–Crippen LogP) is 4.44. The molecule has 0 saturated heterocycles. The first kappa shape index (κ1) is 16.4. The molecule has 0 amide bonds. The van der Waals surface area contributed by atoms with Crippen molar-refractivity contribution in [3.8, 4) is 0 Å². The molecule has 0 aromatic carbocycles. The van der Waals surface area contributed by atoms with Crippen LogP contribution in [0.3, 0.4) is 0 Å². The topological polar surface area (TPSA) is 26.3 Å². The van der Waals surface area contributed by atoms with Crippen LogP contribution in [0.5, 0.6) is 0 Å². The third-order valence-corrected chi connectivity index (χ3v) is 3.94. The summed E-state index contributed by atoms with van der Waals surface area (Å²) in [6.07, 6.45) is 9.74. The number of rotatable bonds is 10. The van der Waals surface area contributed by atoms with Gasteiger partial charge in [-0.1, -0.05) is 70.4 Å². The van der Waals surface area contributed by atoms with Crippen molar-refractivity contribution in [1.29, 1.82) is 0 Å². The van der Waals surface area contributed by atoms with Crippen molar-refractivity contribution in [3.05, 3.63) is 0 Å². The van der Waals surface area contributed by atoms with Crippen LogP contribution in [0.1, 0.15) is 51.4 Å². The van der Waals surface area contributed by atoms with Gasteiger partial charge >= 0.3 is 5.97 Å². The Kier molecular flexibility index (Phi) is 12.2. The van der Waals surface area contributed by atoms with Crippen LogP contribution in [-0.4, -0.2) is 23.2 Å². The van der Waals surface area contributed by atoms with E-state index in [-0.39, 0.29) is 10.8 Å². The van der Waals surface area contributed by atoms with Crippen molar-refractivity contribution in [3.63, 3.8) is 0 Å². The third kappa shape index (κ3) is 9.64. The van der Waals surface area contributed by atoms with Gasteiger partial charge in [0.05, 0.1) is 7.11 Å². The van der Waals surface area contributed by atoms with Crippen molar-refractivity contribution < 1.29 is 9.53 Å². The lowest BCUT2D eigenvalue weighted by Gasteiger charge is -2.06. The lowest BCUT2D eigenvalue weighted by molar-refractivity contribution is -0.139. The molecule has 4 heteroatoms. The Morgan fingerprint density at radius 1 is 1.06 bits per heavy atom. The normalized spacial score (nSPS) is 12.4. The van der Waals surface area contributed by atoms with Gasteiger partial charge in [-0.3, -0.25) is 4.79 Å². The Labute approximate surface area is 116 Å². The van der Waals surface area contributed by atoms with Crippen LogP contribution in [0.25, 0.3) is 0 Å². The summed E-state index contributed by atoms with van der Waals surface area (Å²) >= 11 is 6.76. The van der Waals surface area contributed by atoms with E-state index in [0.717, 1.165) is 18.2 Å². The molecule has 0 spiro atoms. The Morgan fingerprint density at radius 3 is 2.06 bits per heavy atom. The van der Waals surface area contributed by atoms with E-state index in [1.54, 1.807) is 0 Å². The maximum Gasteiger partial charge on any atom is 0.319 e. The lowest BCUT2D eigenvalue weighted by atomic mass is 10.1. The summed E-state index contributed by atoms with van der Waals surface area (Å²) in [7, 11) is 1.43. The van der Waals surface area contributed by atoms with Crippen LogP contribution in [0.4, 0.5) is 0 Å². The molecule has 2 nitrogen and oxygen atoms in total. The summed E-state index contributed by atoms with van der Waals surface area (Å²) in [6.45, 7) is 0. The second-order valence-corrected chi connectivity index (χ2v) is 5.84. The van der Waals surface area contributed by atoms with E-state index in [9.17, 15) is 4.79 Å². The standard InChI is InChI=1S/C12H22Br2O2/c1-16-12(15)11(14)9-7-5-3-2-4-6-8-10-13/h11H,2-10H2,1H3. The SMILES string of the molecule is COC(=O)C(Br)CCCCCCCCCBr. The number of ether oxygens (including phenoxy) is 1. The molecule has 1 unspecified atom stereocenters. The Bertz CT molecular complexity index is 174. The molecule has 0 aromatic rings. The minimum Gasteiger partial charge on any atom is -0.468 e. The fourth-order valence-corrected chi connectivity index (χ4v) is 2.45. The zero-order valence-corrected chi connectivity index (χ0v) is 13.2. The zero-order valence-electron chi connectivity index (χ0n) is 10.0. The molecule has 0 fully saturated rings. The first-order valence-corrected chi connectivity index (χ1v) is 8.04. The maximum atomic E-state index is 11.1. The molecule has 0 aliphatic rings. The van der Waals surface area contributed by atoms with Crippen molar-refractivity contribution in [2.24, 2.45) is 0 Å². The molecular weight excluding hydrogens is 336 g/mol. The highest BCUT2D eigenvalue weighted by Gasteiger charge is 2.13. The van der Waals surface area contributed by atoms with Crippen molar-refractivity contribution in [2.75, 3.05) is 12.4 Å². The zero-order chi connectivity index (χ0) is 12.2. The average Bonchev–Trinajstić information content (AvgIpc) is 2.31. The molecule has 16 heavy (non-hydrogen) atoms. The van der Waals surface area contributed by atoms with Crippen molar-refractivity contribution >= 4 is 37.8 Å². The number of hydrogen-bond donors (Lipinski definition) is 0. The first-order chi connectivity index (χ1) is 7.72. The van der Waals surface area contributed by atoms with E-state index < -0.39 is 0 Å². The van der Waals surface area contributed by atoms with Gasteiger partial charge in [-0.25, -0.2) is 0 Å². The molecule has 0 aromatic heterocycles. The van der Waals surface area contributed by atoms with E-state index in [2.05, 4.69) is 36.6 Å². The van der Waals surface area contributed by atoms with E-state index >= 15 is 0 Å². The molecular formula is C12H22Br2O2. The Morgan fingerprint density at radius 2 is 1.56 bits per heavy atom. The summed E-state index contributed by atoms with van der Waals surface area (Å²) in [5, 5.41) is 1.12. The molecule has 0 bridgehead atoms. The number of hydrogen-bond acceptors (Lipinski definition) is 2. The van der Waals surface area contributed by atoms with E-state index in [4.69, 9.17) is 0 Å². The predicted molar refractivity (Wildman–Crippen MR) is 75.5 cm³/mol. The van der Waals surface area contributed by atoms with Gasteiger partial charge in [0.1, 0.15) is 4.83 Å². The Balaban J connectivity index is 3.17. The number of alkyl halides is 2. The molecule has 0 N–H and O–H groups in total. The summed E-state index contributed by atoms with van der Waals surface area (Å²) in [6, 6.07) is 0. The second kappa shape index (κ2) is 11.9. The van der Waals surface area contributed by atoms with Gasteiger partial charge in [0, 0.05) is 5.33 Å². The number of carbonyl (C=O) groups excluding carboxylic acids is 1. The van der Waals surface area contributed by atoms with Gasteiger partial charge in [-0.05, 0) is 12.8 Å². The maximum absolute atomic E-state index is 11.1. The highest BCUT2D eigenvalue weighted by Crippen LogP contribution is 2.14. The van der Waals surface area contributed by atoms with Crippen molar-refractivity contribution in [1.82, 2.24) is 0 Å². The minimum atomic E-state index is -0.155. The largest absolute Gasteiger partial charge is 0.468 e. The van der Waals surface area contributed by atoms with Gasteiger partial charge in [0.2, 0.25) is 0 Å². The smallest absolute Gasteiger partial charge is 0.319 e. The number of esters is 1. The molecule has 0 saturated carbocycles. The number of unbranched alkanes of at least 4 members (excludes halogenated alkanes) is 6. The summed E-state index contributed by atoms with van der Waals surface area (Å²) < 4.78 is 4.64. The monoisotopic (exact) mass is 356 g/mol. The summed E-state index contributed by atoms with van der Waals surface area (Å²) in [5.41, 5.74) is 0. The van der Waals surface area contributed by atoms with Crippen LogP contribution in [0, 0.1) is 0 Å². The van der Waals surface area contributed by atoms with Gasteiger partial charge < -0.3 is 4.74 Å². The molecule has 0 radical (unpaired) electrons. The van der Waals surface area contributed by atoms with Crippen molar-refractivity contribution in [2.45, 2.75) is 56.2 Å². The molecule has 0 aliphatic carbocycles. The highest BCUT2D eigenvalue weighted by atomic mass is 79.9. The van der Waals surface area contributed by atoms with E-state index in [1.807, 2.05) is 0 Å². The lowest BCUT2D eigenvalue weighted by Crippen LogP contribution is -2.15. The van der Waals surface area contributed by atoms with Crippen LogP contribution >= 0.6 is 31.9 Å². The van der Waals surface area contributed by atoms with E-state index in [1.165, 1.54) is 45.6 Å². The van der Waals surface area contributed by atoms with Gasteiger partial charge in [-0.15, -0.1) is 0 Å². The Hall–Kier alpha value is 0.430. The van der Waals surface area contributed by atoms with E-state index in [0.29, 0.717) is 0 Å². The second-order valence-electron chi connectivity index (χ2n) is 3.94. The number of halogens is 2. The fourth-order valence-electron chi connectivity index (χ4n) is 1.55. The highest BCUT2D eigenvalue weighted by molar-refractivity contribution is 9.10. The molecule has 0 aliphatic heterocycles. The molecule has 1 atom stereocenters. The van der Waals surface area contributed by atoms with Crippen LogP contribution < -0.4 is 0 Å². The third-order valence-electron chi connectivity index (χ3n) is 2.55. The van der Waals surface area contributed by atoms with Crippen LogP contribution in [0.2, 0.25) is 0 Å². The van der Waals surface area contributed by atoms with Crippen LogP contribution in [-0.2, 0) is 9.53 Å². The average molecular weight is 358 g/mol. The quantitative estimate of drug-likeness (QED) is 0.328. The van der Waals surface area contributed by atoms with Crippen LogP contribution in [0.15, 0.2) is 0 Å². The first-order valence-electron chi connectivity index (χ1n) is 6.00. The summed E-state index contributed by atoms with van der Waals surface area (Å²) in [5.74, 6) is -0.155. The van der Waals surface area contributed by atoms with Gasteiger partial charge in [0.25, 0.3) is 0 Å². The molecule has 96 valence electrons. The number of carbonyl (C=O) groups is 1. The minimum absolute atomic E-state index is 0.120. The van der Waals surface area contributed by atoms with Gasteiger partial charge in [0.15, 0.2) is 0 Å². The fraction of sp³-hybridized carbons (Fsp3) is 0.917.